The molecule has 1 aliphatic carbocycles. The second-order valence-corrected chi connectivity index (χ2v) is 5.83. The molecule has 1 heterocycles. The highest BCUT2D eigenvalue weighted by Crippen LogP contribution is 2.53. The van der Waals surface area contributed by atoms with Gasteiger partial charge in [-0.3, -0.25) is 4.79 Å². The Kier molecular flexibility index (Phi) is 4.53. The summed E-state index contributed by atoms with van der Waals surface area (Å²) in [5.41, 5.74) is 1.08. The molecule has 1 aliphatic heterocycles. The van der Waals surface area contributed by atoms with Crippen LogP contribution in [0.1, 0.15) is 39.5 Å². The number of ether oxygens (including phenoxy) is 1. The van der Waals surface area contributed by atoms with Gasteiger partial charge in [-0.1, -0.05) is 6.08 Å². The molecule has 0 aromatic carbocycles. The minimum atomic E-state index is -1.13. The Bertz CT molecular complexity index is 425. The molecule has 1 unspecified atom stereocenters. The maximum atomic E-state index is 12.4. The normalized spacial score (nSPS) is 23.7. The van der Waals surface area contributed by atoms with Gasteiger partial charge in [0.05, 0.1) is 7.11 Å². The third-order valence-corrected chi connectivity index (χ3v) is 4.70. The monoisotopic (exact) mass is 279 g/mol. The van der Waals surface area contributed by atoms with Crippen molar-refractivity contribution in [1.82, 2.24) is 4.90 Å². The molecule has 2 rings (SSSR count). The molecule has 4 nitrogen and oxygen atoms in total. The van der Waals surface area contributed by atoms with Crippen LogP contribution >= 0.6 is 0 Å². The van der Waals surface area contributed by atoms with E-state index in [-0.39, 0.29) is 5.91 Å². The Morgan fingerprint density at radius 1 is 1.20 bits per heavy atom. The van der Waals surface area contributed by atoms with Crippen LogP contribution in [0.5, 0.6) is 0 Å². The Morgan fingerprint density at radius 3 is 2.20 bits per heavy atom. The van der Waals surface area contributed by atoms with Gasteiger partial charge in [0.2, 0.25) is 0 Å². The maximum absolute atomic E-state index is 12.4. The number of rotatable bonds is 4. The lowest BCUT2D eigenvalue weighted by Gasteiger charge is -2.33. The molecular weight excluding hydrogens is 254 g/mol. The first-order chi connectivity index (χ1) is 9.56. The van der Waals surface area contributed by atoms with Gasteiger partial charge in [-0.15, -0.1) is 0 Å². The molecule has 4 heteroatoms. The first kappa shape index (κ1) is 15.1. The van der Waals surface area contributed by atoms with Crippen LogP contribution in [0.2, 0.25) is 0 Å². The predicted octanol–water partition coefficient (Wildman–Crippen LogP) is 2.25. The molecule has 1 amide bonds. The molecule has 1 saturated heterocycles. The minimum Gasteiger partial charge on any atom is -0.497 e. The number of carbonyl (C=O) groups is 1. The average molecular weight is 279 g/mol. The number of aliphatic hydroxyl groups excluding tert-OH is 1. The van der Waals surface area contributed by atoms with Gasteiger partial charge in [0.1, 0.15) is 5.76 Å². The van der Waals surface area contributed by atoms with E-state index in [1.165, 1.54) is 12.8 Å². The van der Waals surface area contributed by atoms with Gasteiger partial charge in [-0.25, -0.2) is 0 Å². The molecule has 112 valence electrons. The number of hydrogen-bond donors (Lipinski definition) is 1. The maximum Gasteiger partial charge on any atom is 0.256 e. The van der Waals surface area contributed by atoms with Crippen molar-refractivity contribution in [3.05, 3.63) is 23.5 Å². The molecule has 0 aromatic rings. The third kappa shape index (κ3) is 2.90. The van der Waals surface area contributed by atoms with Crippen LogP contribution < -0.4 is 0 Å². The van der Waals surface area contributed by atoms with Crippen LogP contribution in [0.4, 0.5) is 0 Å². The lowest BCUT2D eigenvalue weighted by Crippen LogP contribution is -2.45. The van der Waals surface area contributed by atoms with Crippen molar-refractivity contribution in [2.24, 2.45) is 5.41 Å². The number of aliphatic hydroxyl groups is 1. The molecule has 0 radical (unpaired) electrons. The predicted molar refractivity (Wildman–Crippen MR) is 78.0 cm³/mol. The Morgan fingerprint density at radius 2 is 1.80 bits per heavy atom. The highest BCUT2D eigenvalue weighted by molar-refractivity contribution is 5.84. The van der Waals surface area contributed by atoms with Crippen molar-refractivity contribution in [2.75, 3.05) is 20.2 Å². The van der Waals surface area contributed by atoms with Gasteiger partial charge in [0, 0.05) is 18.7 Å². The van der Waals surface area contributed by atoms with Gasteiger partial charge in [0.15, 0.2) is 6.10 Å². The number of piperidine rings is 1. The summed E-state index contributed by atoms with van der Waals surface area (Å²) in [6, 6.07) is 0. The van der Waals surface area contributed by atoms with Crippen molar-refractivity contribution in [3.63, 3.8) is 0 Å². The van der Waals surface area contributed by atoms with Crippen LogP contribution in [-0.2, 0) is 9.53 Å². The number of amides is 1. The van der Waals surface area contributed by atoms with Gasteiger partial charge >= 0.3 is 0 Å². The van der Waals surface area contributed by atoms with Crippen LogP contribution in [0.3, 0.4) is 0 Å². The van der Waals surface area contributed by atoms with Crippen LogP contribution in [0, 0.1) is 5.41 Å². The second-order valence-electron chi connectivity index (χ2n) is 5.83. The van der Waals surface area contributed by atoms with E-state index in [0.717, 1.165) is 25.9 Å². The average Bonchev–Trinajstić information content (AvgIpc) is 3.23. The van der Waals surface area contributed by atoms with Crippen molar-refractivity contribution in [1.29, 1.82) is 0 Å². The fraction of sp³-hybridized carbons (Fsp3) is 0.688. The molecule has 1 saturated carbocycles. The minimum absolute atomic E-state index is 0.204. The molecule has 1 spiro atoms. The summed E-state index contributed by atoms with van der Waals surface area (Å²) < 4.78 is 5.22. The highest BCUT2D eigenvalue weighted by atomic mass is 16.5. The molecule has 1 N–H and O–H groups in total. The van der Waals surface area contributed by atoms with E-state index < -0.39 is 6.10 Å². The zero-order valence-corrected chi connectivity index (χ0v) is 12.7. The number of nitrogens with zero attached hydrogens (tertiary/aromatic N) is 1. The Labute approximate surface area is 121 Å². The lowest BCUT2D eigenvalue weighted by atomic mass is 9.93. The molecule has 1 atom stereocenters. The quantitative estimate of drug-likeness (QED) is 0.634. The number of carbonyl (C=O) groups excluding carboxylic acids is 1. The molecule has 2 aliphatic rings. The first-order valence-electron chi connectivity index (χ1n) is 7.40. The van der Waals surface area contributed by atoms with Crippen molar-refractivity contribution in [2.45, 2.75) is 45.6 Å². The summed E-state index contributed by atoms with van der Waals surface area (Å²) in [6.07, 6.45) is 7.16. The van der Waals surface area contributed by atoms with Crippen LogP contribution in [0.25, 0.3) is 0 Å². The SMILES string of the molecule is C/C=C(\C(=C/C)OC)C(O)C(=O)N1CCC2(CC1)CC2. The summed E-state index contributed by atoms with van der Waals surface area (Å²) >= 11 is 0. The Balaban J connectivity index is 2.00. The molecular formula is C16H25NO3. The summed E-state index contributed by atoms with van der Waals surface area (Å²) in [6.45, 7) is 5.18. The van der Waals surface area contributed by atoms with Crippen molar-refractivity contribution in [3.8, 4) is 0 Å². The number of methoxy groups -OCH3 is 1. The number of likely N-dealkylation sites (tertiary alicyclic amines) is 1. The van der Waals surface area contributed by atoms with Gasteiger partial charge in [-0.05, 0) is 51.0 Å². The largest absolute Gasteiger partial charge is 0.497 e. The standard InChI is InChI=1S/C16H25NO3/c1-4-12(13(5-2)20-3)14(18)15(19)17-10-8-16(6-7-16)9-11-17/h4-5,14,18H,6-11H2,1-3H3/b12-4+,13-5+. The first-order valence-corrected chi connectivity index (χ1v) is 7.40. The summed E-state index contributed by atoms with van der Waals surface area (Å²) in [4.78, 5) is 14.2. The topological polar surface area (TPSA) is 49.8 Å². The summed E-state index contributed by atoms with van der Waals surface area (Å²) in [5, 5.41) is 10.3. The number of allylic oxidation sites excluding steroid dienone is 2. The van der Waals surface area contributed by atoms with Gasteiger partial charge < -0.3 is 14.7 Å². The van der Waals surface area contributed by atoms with E-state index >= 15 is 0 Å². The van der Waals surface area contributed by atoms with Gasteiger partial charge in [0.25, 0.3) is 5.91 Å². The zero-order chi connectivity index (χ0) is 14.8. The molecule has 20 heavy (non-hydrogen) atoms. The fourth-order valence-corrected chi connectivity index (χ4v) is 3.02. The fourth-order valence-electron chi connectivity index (χ4n) is 3.02. The lowest BCUT2D eigenvalue weighted by molar-refractivity contribution is -0.140. The van der Waals surface area contributed by atoms with E-state index in [2.05, 4.69) is 0 Å². The number of hydrogen-bond acceptors (Lipinski definition) is 3. The van der Waals surface area contributed by atoms with E-state index in [1.54, 1.807) is 24.2 Å². The third-order valence-electron chi connectivity index (χ3n) is 4.70. The summed E-state index contributed by atoms with van der Waals surface area (Å²) in [7, 11) is 1.55. The van der Waals surface area contributed by atoms with Crippen molar-refractivity contribution < 1.29 is 14.6 Å². The van der Waals surface area contributed by atoms with E-state index in [1.807, 2.05) is 13.8 Å². The Hall–Kier alpha value is -1.29. The smallest absolute Gasteiger partial charge is 0.256 e. The second kappa shape index (κ2) is 6.00. The van der Waals surface area contributed by atoms with E-state index in [9.17, 15) is 9.90 Å². The highest BCUT2D eigenvalue weighted by Gasteiger charge is 2.45. The van der Waals surface area contributed by atoms with E-state index in [4.69, 9.17) is 4.74 Å². The molecule has 0 aromatic heterocycles. The van der Waals surface area contributed by atoms with E-state index in [0.29, 0.717) is 16.7 Å². The van der Waals surface area contributed by atoms with Crippen LogP contribution in [0.15, 0.2) is 23.5 Å². The van der Waals surface area contributed by atoms with Gasteiger partial charge in [-0.2, -0.15) is 0 Å². The van der Waals surface area contributed by atoms with Crippen LogP contribution in [-0.4, -0.2) is 42.2 Å². The van der Waals surface area contributed by atoms with Crippen molar-refractivity contribution >= 4 is 5.91 Å². The molecule has 2 fully saturated rings. The summed E-state index contributed by atoms with van der Waals surface area (Å²) in [5.74, 6) is 0.356. The zero-order valence-electron chi connectivity index (χ0n) is 12.7. The molecule has 0 bridgehead atoms.